The molecule has 1 aromatic carbocycles. The van der Waals surface area contributed by atoms with Crippen LogP contribution in [0.25, 0.3) is 0 Å². The molecule has 1 aromatic rings. The molecule has 0 aromatic heterocycles. The van der Waals surface area contributed by atoms with E-state index in [1.165, 1.54) is 11.9 Å². The van der Waals surface area contributed by atoms with Crippen LogP contribution in [0.2, 0.25) is 0 Å². The van der Waals surface area contributed by atoms with Gasteiger partial charge in [0, 0.05) is 16.8 Å². The van der Waals surface area contributed by atoms with Crippen LogP contribution in [0.4, 0.5) is 0 Å². The highest BCUT2D eigenvalue weighted by Crippen LogP contribution is 2.49. The molecule has 2 heterocycles. The van der Waals surface area contributed by atoms with Gasteiger partial charge in [0.15, 0.2) is 0 Å². The Hall–Kier alpha value is -0.910. The highest BCUT2D eigenvalue weighted by Gasteiger charge is 2.55. The zero-order valence-corrected chi connectivity index (χ0v) is 6.75. The van der Waals surface area contributed by atoms with Gasteiger partial charge in [-0.2, -0.15) is 9.78 Å². The Morgan fingerprint density at radius 1 is 1.25 bits per heavy atom. The third-order valence-electron chi connectivity index (χ3n) is 1.78. The highest BCUT2D eigenvalue weighted by atomic mass is 32.2. The standard InChI is InChI=1S/C7H4N2O2S/c1-2-4-6-5(3-1)7(10-11-7)8-9-12-6/h1-4H. The molecule has 0 atom stereocenters. The Labute approximate surface area is 72.6 Å². The van der Waals surface area contributed by atoms with Crippen molar-refractivity contribution in [2.24, 2.45) is 9.63 Å². The molecule has 0 unspecified atom stereocenters. The summed E-state index contributed by atoms with van der Waals surface area (Å²) >= 11 is 1.33. The van der Waals surface area contributed by atoms with Gasteiger partial charge in [0.25, 0.3) is 0 Å². The predicted octanol–water partition coefficient (Wildman–Crippen LogP) is 2.23. The molecular weight excluding hydrogens is 176 g/mol. The van der Waals surface area contributed by atoms with Gasteiger partial charge in [0.1, 0.15) is 0 Å². The van der Waals surface area contributed by atoms with Gasteiger partial charge < -0.3 is 0 Å². The Morgan fingerprint density at radius 3 is 2.92 bits per heavy atom. The summed E-state index contributed by atoms with van der Waals surface area (Å²) in [4.78, 5) is 10.6. The van der Waals surface area contributed by atoms with Crippen LogP contribution in [0.5, 0.6) is 0 Å². The Kier molecular flexibility index (Phi) is 1.13. The van der Waals surface area contributed by atoms with E-state index in [1.807, 2.05) is 24.3 Å². The molecule has 1 saturated heterocycles. The molecule has 4 nitrogen and oxygen atoms in total. The van der Waals surface area contributed by atoms with Gasteiger partial charge in [-0.3, -0.25) is 0 Å². The minimum absolute atomic E-state index is 0.901. The van der Waals surface area contributed by atoms with Crippen molar-refractivity contribution in [1.82, 2.24) is 0 Å². The monoisotopic (exact) mass is 180 g/mol. The van der Waals surface area contributed by atoms with Gasteiger partial charge in [0.2, 0.25) is 0 Å². The van der Waals surface area contributed by atoms with Crippen LogP contribution in [-0.4, -0.2) is 0 Å². The van der Waals surface area contributed by atoms with Gasteiger partial charge in [-0.05, 0) is 6.07 Å². The highest BCUT2D eigenvalue weighted by molar-refractivity contribution is 7.98. The zero-order valence-electron chi connectivity index (χ0n) is 5.93. The van der Waals surface area contributed by atoms with E-state index in [-0.39, 0.29) is 0 Å². The van der Waals surface area contributed by atoms with Gasteiger partial charge in [0.05, 0.1) is 5.56 Å². The minimum Gasteiger partial charge on any atom is -0.162 e. The molecule has 0 aliphatic carbocycles. The summed E-state index contributed by atoms with van der Waals surface area (Å²) in [5.74, 6) is -0.901. The molecule has 2 aliphatic heterocycles. The number of hydrogen-bond acceptors (Lipinski definition) is 5. The van der Waals surface area contributed by atoms with Crippen LogP contribution >= 0.6 is 11.9 Å². The summed E-state index contributed by atoms with van der Waals surface area (Å²) in [7, 11) is 0. The fourth-order valence-electron chi connectivity index (χ4n) is 1.14. The first-order valence-corrected chi connectivity index (χ1v) is 4.24. The third kappa shape index (κ3) is 0.754. The van der Waals surface area contributed by atoms with E-state index in [0.717, 1.165) is 10.5 Å². The molecule has 0 radical (unpaired) electrons. The predicted molar refractivity (Wildman–Crippen MR) is 41.0 cm³/mol. The van der Waals surface area contributed by atoms with Gasteiger partial charge >= 0.3 is 5.91 Å². The normalized spacial score (nSPS) is 22.3. The molecule has 1 fully saturated rings. The Balaban J connectivity index is 2.21. The summed E-state index contributed by atoms with van der Waals surface area (Å²) in [5, 5.41) is 3.86. The quantitative estimate of drug-likeness (QED) is 0.349. The number of hydrogen-bond donors (Lipinski definition) is 0. The van der Waals surface area contributed by atoms with Crippen LogP contribution in [-0.2, 0) is 15.7 Å². The molecule has 3 rings (SSSR count). The Morgan fingerprint density at radius 2 is 2.08 bits per heavy atom. The van der Waals surface area contributed by atoms with Crippen molar-refractivity contribution in [3.8, 4) is 0 Å². The topological polar surface area (TPSA) is 49.8 Å². The van der Waals surface area contributed by atoms with Crippen LogP contribution in [0.1, 0.15) is 5.56 Å². The van der Waals surface area contributed by atoms with Crippen LogP contribution in [0.15, 0.2) is 38.8 Å². The number of rotatable bonds is 0. The van der Waals surface area contributed by atoms with Crippen LogP contribution in [0, 0.1) is 0 Å². The molecule has 0 saturated carbocycles. The fourth-order valence-corrected chi connectivity index (χ4v) is 1.81. The largest absolute Gasteiger partial charge is 0.372 e. The van der Waals surface area contributed by atoms with Crippen LogP contribution in [0.3, 0.4) is 0 Å². The minimum atomic E-state index is -0.901. The van der Waals surface area contributed by atoms with Crippen molar-refractivity contribution < 1.29 is 9.78 Å². The summed E-state index contributed by atoms with van der Waals surface area (Å²) in [6, 6.07) is 7.76. The second-order valence-corrected chi connectivity index (χ2v) is 3.30. The van der Waals surface area contributed by atoms with E-state index in [4.69, 9.17) is 9.78 Å². The summed E-state index contributed by atoms with van der Waals surface area (Å²) < 4.78 is 3.83. The SMILES string of the molecule is c1ccc2c(c1)SN=NC21OO1. The lowest BCUT2D eigenvalue weighted by atomic mass is 10.2. The Bertz CT molecular complexity index is 362. The first-order chi connectivity index (χ1) is 5.91. The smallest absolute Gasteiger partial charge is 0.162 e. The molecular formula is C7H4N2O2S. The van der Waals surface area contributed by atoms with E-state index in [2.05, 4.69) is 9.63 Å². The molecule has 0 N–H and O–H groups in total. The molecule has 0 amide bonds. The molecule has 12 heavy (non-hydrogen) atoms. The van der Waals surface area contributed by atoms with E-state index >= 15 is 0 Å². The van der Waals surface area contributed by atoms with E-state index in [9.17, 15) is 0 Å². The van der Waals surface area contributed by atoms with E-state index < -0.39 is 5.91 Å². The second kappa shape index (κ2) is 2.07. The van der Waals surface area contributed by atoms with Crippen molar-refractivity contribution in [3.05, 3.63) is 29.8 Å². The lowest BCUT2D eigenvalue weighted by Gasteiger charge is -2.09. The summed E-state index contributed by atoms with van der Waals surface area (Å²) in [6.07, 6.45) is 0. The van der Waals surface area contributed by atoms with Crippen molar-refractivity contribution in [2.75, 3.05) is 0 Å². The average Bonchev–Trinajstić information content (AvgIpc) is 2.87. The summed E-state index contributed by atoms with van der Waals surface area (Å²) in [6.45, 7) is 0. The van der Waals surface area contributed by atoms with Gasteiger partial charge in [-0.1, -0.05) is 18.2 Å². The van der Waals surface area contributed by atoms with Crippen LogP contribution < -0.4 is 0 Å². The first kappa shape index (κ1) is 6.59. The fraction of sp³-hybridized carbons (Fsp3) is 0.143. The third-order valence-corrected chi connectivity index (χ3v) is 2.50. The molecule has 1 spiro atoms. The molecule has 60 valence electrons. The second-order valence-electron chi connectivity index (χ2n) is 2.52. The molecule has 2 aliphatic rings. The lowest BCUT2D eigenvalue weighted by Crippen LogP contribution is -2.07. The van der Waals surface area contributed by atoms with Crippen molar-refractivity contribution in [2.45, 2.75) is 10.8 Å². The van der Waals surface area contributed by atoms with Crippen molar-refractivity contribution in [3.63, 3.8) is 0 Å². The van der Waals surface area contributed by atoms with E-state index in [1.54, 1.807) is 0 Å². The summed E-state index contributed by atoms with van der Waals surface area (Å²) in [5.41, 5.74) is 0.935. The maximum Gasteiger partial charge on any atom is 0.372 e. The van der Waals surface area contributed by atoms with Gasteiger partial charge in [-0.15, -0.1) is 9.63 Å². The first-order valence-electron chi connectivity index (χ1n) is 3.46. The average molecular weight is 180 g/mol. The molecule has 0 bridgehead atoms. The van der Waals surface area contributed by atoms with Crippen molar-refractivity contribution >= 4 is 11.9 Å². The number of nitrogens with zero attached hydrogens (tertiary/aromatic N) is 2. The zero-order chi connectivity index (χ0) is 8.02. The molecule has 5 heteroatoms. The van der Waals surface area contributed by atoms with Crippen molar-refractivity contribution in [1.29, 1.82) is 0 Å². The lowest BCUT2D eigenvalue weighted by molar-refractivity contribution is 0.0850. The number of benzene rings is 1. The number of fused-ring (bicyclic) bond motifs is 2. The maximum atomic E-state index is 4.79. The van der Waals surface area contributed by atoms with E-state index in [0.29, 0.717) is 0 Å². The maximum absolute atomic E-state index is 4.79. The van der Waals surface area contributed by atoms with Gasteiger partial charge in [-0.25, -0.2) is 0 Å².